The molecule has 1 heterocycles. The van der Waals surface area contributed by atoms with Crippen LogP contribution in [0.1, 0.15) is 16.8 Å². The predicted molar refractivity (Wildman–Crippen MR) is 44.5 cm³/mol. The minimum atomic E-state index is 0.213. The lowest BCUT2D eigenvalue weighted by atomic mass is 10.1. The topological polar surface area (TPSA) is 33.1 Å². The molecule has 60 valence electrons. The molecule has 0 radical (unpaired) electrons. The zero-order valence-electron chi connectivity index (χ0n) is 6.96. The van der Waals surface area contributed by atoms with Gasteiger partial charge in [0.1, 0.15) is 0 Å². The molecule has 0 bridgehead atoms. The Morgan fingerprint density at radius 3 is 2.82 bits per heavy atom. The molecule has 0 spiro atoms. The van der Waals surface area contributed by atoms with Crippen LogP contribution in [0.15, 0.2) is 12.3 Å². The van der Waals surface area contributed by atoms with Crippen molar-refractivity contribution in [2.45, 2.75) is 20.3 Å². The maximum atomic E-state index is 8.71. The number of aliphatic hydroxyl groups excluding tert-OH is 1. The summed E-state index contributed by atoms with van der Waals surface area (Å²) in [5, 5.41) is 8.71. The third-order valence-corrected chi connectivity index (χ3v) is 1.95. The first-order valence-electron chi connectivity index (χ1n) is 3.77. The molecule has 2 heteroatoms. The molecule has 0 aliphatic rings. The summed E-state index contributed by atoms with van der Waals surface area (Å²) in [6, 6.07) is 1.96. The zero-order chi connectivity index (χ0) is 8.27. The van der Waals surface area contributed by atoms with Crippen molar-refractivity contribution in [3.63, 3.8) is 0 Å². The SMILES string of the molecule is Cc1nccc(CCO)c1C. The van der Waals surface area contributed by atoms with Gasteiger partial charge in [-0.05, 0) is 37.5 Å². The summed E-state index contributed by atoms with van der Waals surface area (Å²) in [4.78, 5) is 4.14. The molecule has 0 amide bonds. The number of aromatic nitrogens is 1. The van der Waals surface area contributed by atoms with E-state index in [1.165, 1.54) is 11.1 Å². The maximum Gasteiger partial charge on any atom is 0.0471 e. The molecular formula is C9H13NO. The summed E-state index contributed by atoms with van der Waals surface area (Å²) in [7, 11) is 0. The van der Waals surface area contributed by atoms with Crippen LogP contribution in [0.3, 0.4) is 0 Å². The number of hydrogen-bond acceptors (Lipinski definition) is 2. The van der Waals surface area contributed by atoms with Crippen molar-refractivity contribution in [3.8, 4) is 0 Å². The van der Waals surface area contributed by atoms with E-state index in [0.717, 1.165) is 12.1 Å². The molecule has 0 aliphatic heterocycles. The van der Waals surface area contributed by atoms with Crippen LogP contribution < -0.4 is 0 Å². The van der Waals surface area contributed by atoms with Crippen molar-refractivity contribution < 1.29 is 5.11 Å². The number of rotatable bonds is 2. The number of aryl methyl sites for hydroxylation is 1. The van der Waals surface area contributed by atoms with Crippen LogP contribution >= 0.6 is 0 Å². The van der Waals surface area contributed by atoms with Gasteiger partial charge in [-0.15, -0.1) is 0 Å². The standard InChI is InChI=1S/C9H13NO/c1-7-8(2)10-5-3-9(7)4-6-11/h3,5,11H,4,6H2,1-2H3. The molecule has 1 rings (SSSR count). The van der Waals surface area contributed by atoms with Gasteiger partial charge in [0.15, 0.2) is 0 Å². The summed E-state index contributed by atoms with van der Waals surface area (Å²) in [5.74, 6) is 0. The first-order chi connectivity index (χ1) is 5.25. The summed E-state index contributed by atoms with van der Waals surface area (Å²) in [6.07, 6.45) is 2.52. The van der Waals surface area contributed by atoms with E-state index in [9.17, 15) is 0 Å². The highest BCUT2D eigenvalue weighted by Gasteiger charge is 1.99. The highest BCUT2D eigenvalue weighted by Crippen LogP contribution is 2.09. The number of nitrogens with zero attached hydrogens (tertiary/aromatic N) is 1. The molecule has 1 N–H and O–H groups in total. The Morgan fingerprint density at radius 1 is 1.45 bits per heavy atom. The largest absolute Gasteiger partial charge is 0.396 e. The fourth-order valence-corrected chi connectivity index (χ4v) is 1.08. The molecular weight excluding hydrogens is 138 g/mol. The van der Waals surface area contributed by atoms with Gasteiger partial charge in [-0.2, -0.15) is 0 Å². The van der Waals surface area contributed by atoms with Gasteiger partial charge in [0.05, 0.1) is 0 Å². The normalized spacial score (nSPS) is 10.1. The van der Waals surface area contributed by atoms with Crippen LogP contribution in [0.5, 0.6) is 0 Å². The Bertz CT molecular complexity index is 245. The minimum absolute atomic E-state index is 0.213. The first-order valence-corrected chi connectivity index (χ1v) is 3.77. The molecule has 0 atom stereocenters. The second kappa shape index (κ2) is 3.49. The van der Waals surface area contributed by atoms with Gasteiger partial charge < -0.3 is 5.11 Å². The van der Waals surface area contributed by atoms with Crippen molar-refractivity contribution in [2.75, 3.05) is 6.61 Å². The second-order valence-corrected chi connectivity index (χ2v) is 2.65. The van der Waals surface area contributed by atoms with Crippen LogP contribution in [-0.2, 0) is 6.42 Å². The van der Waals surface area contributed by atoms with Crippen LogP contribution in [0.2, 0.25) is 0 Å². The molecule has 0 saturated carbocycles. The highest BCUT2D eigenvalue weighted by atomic mass is 16.2. The molecule has 0 fully saturated rings. The molecule has 0 aliphatic carbocycles. The molecule has 1 aromatic rings. The quantitative estimate of drug-likeness (QED) is 0.689. The lowest BCUT2D eigenvalue weighted by Gasteiger charge is -2.04. The van der Waals surface area contributed by atoms with E-state index >= 15 is 0 Å². The smallest absolute Gasteiger partial charge is 0.0471 e. The van der Waals surface area contributed by atoms with E-state index < -0.39 is 0 Å². The van der Waals surface area contributed by atoms with Gasteiger partial charge in [0, 0.05) is 18.5 Å². The van der Waals surface area contributed by atoms with E-state index in [1.807, 2.05) is 19.9 Å². The Morgan fingerprint density at radius 2 is 2.18 bits per heavy atom. The van der Waals surface area contributed by atoms with Gasteiger partial charge >= 0.3 is 0 Å². The van der Waals surface area contributed by atoms with Crippen LogP contribution in [-0.4, -0.2) is 16.7 Å². The van der Waals surface area contributed by atoms with Gasteiger partial charge in [0.2, 0.25) is 0 Å². The zero-order valence-corrected chi connectivity index (χ0v) is 6.96. The van der Waals surface area contributed by atoms with Crippen LogP contribution in [0.4, 0.5) is 0 Å². The monoisotopic (exact) mass is 151 g/mol. The Balaban J connectivity index is 2.96. The van der Waals surface area contributed by atoms with Gasteiger partial charge in [-0.3, -0.25) is 4.98 Å². The molecule has 11 heavy (non-hydrogen) atoms. The molecule has 1 aromatic heterocycles. The fourth-order valence-electron chi connectivity index (χ4n) is 1.08. The molecule has 0 aromatic carbocycles. The minimum Gasteiger partial charge on any atom is -0.396 e. The van der Waals surface area contributed by atoms with Crippen molar-refractivity contribution in [1.82, 2.24) is 4.98 Å². The molecule has 0 unspecified atom stereocenters. The van der Waals surface area contributed by atoms with Crippen molar-refractivity contribution >= 4 is 0 Å². The van der Waals surface area contributed by atoms with E-state index in [2.05, 4.69) is 4.98 Å². The van der Waals surface area contributed by atoms with Crippen molar-refractivity contribution in [3.05, 3.63) is 29.1 Å². The van der Waals surface area contributed by atoms with Crippen LogP contribution in [0, 0.1) is 13.8 Å². The summed E-state index contributed by atoms with van der Waals surface area (Å²) < 4.78 is 0. The van der Waals surface area contributed by atoms with E-state index in [4.69, 9.17) is 5.11 Å². The second-order valence-electron chi connectivity index (χ2n) is 2.65. The number of pyridine rings is 1. The van der Waals surface area contributed by atoms with Crippen LogP contribution in [0.25, 0.3) is 0 Å². The summed E-state index contributed by atoms with van der Waals surface area (Å²) in [6.45, 7) is 4.23. The Kier molecular flexibility index (Phi) is 2.60. The fraction of sp³-hybridized carbons (Fsp3) is 0.444. The van der Waals surface area contributed by atoms with Gasteiger partial charge in [-0.1, -0.05) is 0 Å². The Hall–Kier alpha value is -0.890. The number of aliphatic hydroxyl groups is 1. The number of hydrogen-bond donors (Lipinski definition) is 1. The average Bonchev–Trinajstić information content (AvgIpc) is 1.99. The van der Waals surface area contributed by atoms with E-state index in [-0.39, 0.29) is 6.61 Å². The van der Waals surface area contributed by atoms with E-state index in [1.54, 1.807) is 6.20 Å². The highest BCUT2D eigenvalue weighted by molar-refractivity contribution is 5.27. The molecule has 2 nitrogen and oxygen atoms in total. The maximum absolute atomic E-state index is 8.71. The third kappa shape index (κ3) is 1.77. The molecule has 0 saturated heterocycles. The van der Waals surface area contributed by atoms with Crippen molar-refractivity contribution in [1.29, 1.82) is 0 Å². The van der Waals surface area contributed by atoms with Gasteiger partial charge in [0.25, 0.3) is 0 Å². The van der Waals surface area contributed by atoms with Crippen molar-refractivity contribution in [2.24, 2.45) is 0 Å². The summed E-state index contributed by atoms with van der Waals surface area (Å²) >= 11 is 0. The first kappa shape index (κ1) is 8.21. The van der Waals surface area contributed by atoms with Gasteiger partial charge in [-0.25, -0.2) is 0 Å². The average molecular weight is 151 g/mol. The third-order valence-electron chi connectivity index (χ3n) is 1.95. The Labute approximate surface area is 66.9 Å². The lowest BCUT2D eigenvalue weighted by Crippen LogP contribution is -1.97. The van der Waals surface area contributed by atoms with E-state index in [0.29, 0.717) is 0 Å². The predicted octanol–water partition coefficient (Wildman–Crippen LogP) is 1.23. The summed E-state index contributed by atoms with van der Waals surface area (Å²) in [5.41, 5.74) is 3.44. The lowest BCUT2D eigenvalue weighted by molar-refractivity contribution is 0.299.